The Morgan fingerprint density at radius 1 is 1.12 bits per heavy atom. The van der Waals surface area contributed by atoms with E-state index in [9.17, 15) is 9.59 Å². The Morgan fingerprint density at radius 2 is 1.79 bits per heavy atom. The molecule has 4 nitrogen and oxygen atoms in total. The quantitative estimate of drug-likeness (QED) is 0.841. The molecular formula is C19H19ClN2O2. The Kier molecular flexibility index (Phi) is 6.15. The highest BCUT2D eigenvalue weighted by Crippen LogP contribution is 2.13. The average molecular weight is 343 g/mol. The molecule has 2 aromatic rings. The normalized spacial score (nSPS) is 10.6. The number of aryl methyl sites for hydroxylation is 1. The molecule has 124 valence electrons. The van der Waals surface area contributed by atoms with Gasteiger partial charge in [0, 0.05) is 23.8 Å². The van der Waals surface area contributed by atoms with E-state index >= 15 is 0 Å². The Labute approximate surface area is 146 Å². The van der Waals surface area contributed by atoms with Crippen LogP contribution in [0.4, 0.5) is 5.69 Å². The maximum absolute atomic E-state index is 12.1. The molecule has 0 spiro atoms. The summed E-state index contributed by atoms with van der Waals surface area (Å²) >= 11 is 5.80. The summed E-state index contributed by atoms with van der Waals surface area (Å²) in [6.45, 7) is 1.95. The monoisotopic (exact) mass is 342 g/mol. The molecule has 24 heavy (non-hydrogen) atoms. The lowest BCUT2D eigenvalue weighted by Crippen LogP contribution is -2.33. The first kappa shape index (κ1) is 17.8. The van der Waals surface area contributed by atoms with E-state index in [1.165, 1.54) is 11.0 Å². The molecule has 0 aliphatic carbocycles. The van der Waals surface area contributed by atoms with E-state index in [0.717, 1.165) is 11.1 Å². The summed E-state index contributed by atoms with van der Waals surface area (Å²) in [4.78, 5) is 25.4. The number of hydrogen-bond donors (Lipinski definition) is 1. The molecule has 2 rings (SSSR count). The van der Waals surface area contributed by atoms with Crippen LogP contribution in [0.5, 0.6) is 0 Å². The lowest BCUT2D eigenvalue weighted by atomic mass is 10.1. The van der Waals surface area contributed by atoms with E-state index < -0.39 is 0 Å². The van der Waals surface area contributed by atoms with Crippen molar-refractivity contribution in [2.75, 3.05) is 18.9 Å². The van der Waals surface area contributed by atoms with Gasteiger partial charge in [-0.2, -0.15) is 0 Å². The van der Waals surface area contributed by atoms with E-state index in [4.69, 9.17) is 11.6 Å². The third kappa shape index (κ3) is 5.25. The molecule has 0 atom stereocenters. The predicted molar refractivity (Wildman–Crippen MR) is 97.9 cm³/mol. The van der Waals surface area contributed by atoms with Gasteiger partial charge in [-0.05, 0) is 48.4 Å². The van der Waals surface area contributed by atoms with Crippen LogP contribution in [0.2, 0.25) is 5.02 Å². The summed E-state index contributed by atoms with van der Waals surface area (Å²) in [6, 6.07) is 14.6. The smallest absolute Gasteiger partial charge is 0.246 e. The number of amides is 2. The Hall–Kier alpha value is -2.59. The molecule has 1 N–H and O–H groups in total. The van der Waals surface area contributed by atoms with Crippen LogP contribution < -0.4 is 5.32 Å². The number of nitrogens with zero attached hydrogens (tertiary/aromatic N) is 1. The fraction of sp³-hybridized carbons (Fsp3) is 0.158. The van der Waals surface area contributed by atoms with Gasteiger partial charge in [0.1, 0.15) is 0 Å². The lowest BCUT2D eigenvalue weighted by molar-refractivity contribution is -0.129. The van der Waals surface area contributed by atoms with Gasteiger partial charge in [-0.3, -0.25) is 9.59 Å². The molecule has 2 aromatic carbocycles. The number of anilines is 1. The molecule has 0 aliphatic rings. The van der Waals surface area contributed by atoms with Gasteiger partial charge in [-0.15, -0.1) is 0 Å². The van der Waals surface area contributed by atoms with Crippen molar-refractivity contribution in [1.29, 1.82) is 0 Å². The SMILES string of the molecule is Cc1ccccc1/C=C/C(=O)N(C)CC(=O)Nc1ccc(Cl)cc1. The largest absolute Gasteiger partial charge is 0.333 e. The standard InChI is InChI=1S/C19H19ClN2O2/c1-14-5-3-4-6-15(14)7-12-19(24)22(2)13-18(23)21-17-10-8-16(20)9-11-17/h3-12H,13H2,1-2H3,(H,21,23)/b12-7+. The van der Waals surface area contributed by atoms with Crippen LogP contribution in [0.1, 0.15) is 11.1 Å². The second-order valence-corrected chi connectivity index (χ2v) is 5.88. The van der Waals surface area contributed by atoms with Crippen LogP contribution in [0.15, 0.2) is 54.6 Å². The van der Waals surface area contributed by atoms with Crippen LogP contribution in [-0.4, -0.2) is 30.3 Å². The Balaban J connectivity index is 1.90. The third-order valence-corrected chi connectivity index (χ3v) is 3.73. The number of carbonyl (C=O) groups excluding carboxylic acids is 2. The van der Waals surface area contributed by atoms with E-state index in [0.29, 0.717) is 10.7 Å². The molecule has 0 unspecified atom stereocenters. The van der Waals surface area contributed by atoms with Crippen molar-refractivity contribution in [3.8, 4) is 0 Å². The zero-order valence-electron chi connectivity index (χ0n) is 13.6. The minimum absolute atomic E-state index is 0.0282. The van der Waals surface area contributed by atoms with Gasteiger partial charge in [0.2, 0.25) is 11.8 Å². The fourth-order valence-electron chi connectivity index (χ4n) is 2.09. The van der Waals surface area contributed by atoms with Gasteiger partial charge in [0.05, 0.1) is 6.54 Å². The summed E-state index contributed by atoms with van der Waals surface area (Å²) in [7, 11) is 1.59. The van der Waals surface area contributed by atoms with E-state index in [2.05, 4.69) is 5.32 Å². The highest BCUT2D eigenvalue weighted by molar-refractivity contribution is 6.30. The number of likely N-dealkylation sites (N-methyl/N-ethyl adjacent to an activating group) is 1. The highest BCUT2D eigenvalue weighted by atomic mass is 35.5. The van der Waals surface area contributed by atoms with E-state index in [-0.39, 0.29) is 18.4 Å². The summed E-state index contributed by atoms with van der Waals surface area (Å²) in [5.74, 6) is -0.498. The first-order chi connectivity index (χ1) is 11.5. The molecular weight excluding hydrogens is 324 g/mol. The minimum atomic E-state index is -0.266. The zero-order chi connectivity index (χ0) is 17.5. The predicted octanol–water partition coefficient (Wildman–Crippen LogP) is 3.76. The molecule has 0 radical (unpaired) electrons. The minimum Gasteiger partial charge on any atom is -0.333 e. The molecule has 0 saturated heterocycles. The molecule has 0 saturated carbocycles. The van der Waals surface area contributed by atoms with Gasteiger partial charge in [0.25, 0.3) is 0 Å². The van der Waals surface area contributed by atoms with Crippen LogP contribution >= 0.6 is 11.6 Å². The van der Waals surface area contributed by atoms with Crippen molar-refractivity contribution >= 4 is 35.2 Å². The Morgan fingerprint density at radius 3 is 2.46 bits per heavy atom. The van der Waals surface area contributed by atoms with E-state index in [1.807, 2.05) is 31.2 Å². The topological polar surface area (TPSA) is 49.4 Å². The molecule has 0 aromatic heterocycles. The molecule has 0 fully saturated rings. The second kappa shape index (κ2) is 8.31. The van der Waals surface area contributed by atoms with Crippen molar-refractivity contribution in [1.82, 2.24) is 4.90 Å². The van der Waals surface area contributed by atoms with Gasteiger partial charge < -0.3 is 10.2 Å². The summed E-state index contributed by atoms with van der Waals surface area (Å²) in [5.41, 5.74) is 2.70. The lowest BCUT2D eigenvalue weighted by Gasteiger charge is -2.15. The summed E-state index contributed by atoms with van der Waals surface area (Å²) in [5, 5.41) is 3.32. The van der Waals surface area contributed by atoms with Crippen LogP contribution in [0, 0.1) is 6.92 Å². The zero-order valence-corrected chi connectivity index (χ0v) is 14.4. The number of halogens is 1. The maximum atomic E-state index is 12.1. The van der Waals surface area contributed by atoms with Crippen molar-refractivity contribution in [3.05, 3.63) is 70.8 Å². The second-order valence-electron chi connectivity index (χ2n) is 5.44. The van der Waals surface area contributed by atoms with Crippen LogP contribution in [-0.2, 0) is 9.59 Å². The highest BCUT2D eigenvalue weighted by Gasteiger charge is 2.10. The Bertz CT molecular complexity index is 754. The van der Waals surface area contributed by atoms with Crippen molar-refractivity contribution in [2.24, 2.45) is 0 Å². The summed E-state index contributed by atoms with van der Waals surface area (Å²) < 4.78 is 0. The average Bonchev–Trinajstić information content (AvgIpc) is 2.56. The molecule has 0 aliphatic heterocycles. The van der Waals surface area contributed by atoms with Gasteiger partial charge in [-0.1, -0.05) is 35.9 Å². The number of benzene rings is 2. The summed E-state index contributed by atoms with van der Waals surface area (Å²) in [6.07, 6.45) is 3.23. The first-order valence-electron chi connectivity index (χ1n) is 7.50. The number of hydrogen-bond acceptors (Lipinski definition) is 2. The van der Waals surface area contributed by atoms with Crippen molar-refractivity contribution in [2.45, 2.75) is 6.92 Å². The fourth-order valence-corrected chi connectivity index (χ4v) is 2.22. The first-order valence-corrected chi connectivity index (χ1v) is 7.88. The maximum Gasteiger partial charge on any atom is 0.246 e. The molecule has 5 heteroatoms. The number of rotatable bonds is 5. The number of nitrogens with one attached hydrogen (secondary N) is 1. The van der Waals surface area contributed by atoms with Crippen molar-refractivity contribution < 1.29 is 9.59 Å². The van der Waals surface area contributed by atoms with Gasteiger partial charge >= 0.3 is 0 Å². The molecule has 2 amide bonds. The number of carbonyl (C=O) groups is 2. The molecule has 0 bridgehead atoms. The van der Waals surface area contributed by atoms with E-state index in [1.54, 1.807) is 37.4 Å². The third-order valence-electron chi connectivity index (χ3n) is 3.48. The molecule has 0 heterocycles. The van der Waals surface area contributed by atoms with Gasteiger partial charge in [0.15, 0.2) is 0 Å². The van der Waals surface area contributed by atoms with Crippen LogP contribution in [0.25, 0.3) is 6.08 Å². The van der Waals surface area contributed by atoms with Crippen molar-refractivity contribution in [3.63, 3.8) is 0 Å². The van der Waals surface area contributed by atoms with Crippen LogP contribution in [0.3, 0.4) is 0 Å². The van der Waals surface area contributed by atoms with Gasteiger partial charge in [-0.25, -0.2) is 0 Å².